The molecular weight excluding hydrogens is 284 g/mol. The molecule has 0 saturated carbocycles. The van der Waals surface area contributed by atoms with Gasteiger partial charge in [0.1, 0.15) is 5.82 Å². The first-order valence-electron chi connectivity index (χ1n) is 4.18. The van der Waals surface area contributed by atoms with Gasteiger partial charge in [0.2, 0.25) is 10.0 Å². The van der Waals surface area contributed by atoms with Gasteiger partial charge in [-0.2, -0.15) is 0 Å². The van der Waals surface area contributed by atoms with Gasteiger partial charge in [0, 0.05) is 10.7 Å². The van der Waals surface area contributed by atoms with Crippen LogP contribution < -0.4 is 4.72 Å². The maximum atomic E-state index is 11.3. The van der Waals surface area contributed by atoms with Gasteiger partial charge in [-0.05, 0) is 34.5 Å². The third-order valence-corrected chi connectivity index (χ3v) is 3.74. The summed E-state index contributed by atoms with van der Waals surface area (Å²) in [6.45, 7) is 1.42. The summed E-state index contributed by atoms with van der Waals surface area (Å²) in [5.74, 6) is -0.0757. The van der Waals surface area contributed by atoms with Crippen molar-refractivity contribution in [1.82, 2.24) is 4.98 Å². The maximum Gasteiger partial charge on any atom is 0.236 e. The average molecular weight is 295 g/mol. The molecule has 1 heterocycles. The first-order chi connectivity index (χ1) is 6.94. The predicted octanol–water partition coefficient (Wildman–Crippen LogP) is 0.887. The van der Waals surface area contributed by atoms with Gasteiger partial charge in [0.25, 0.3) is 0 Å². The van der Waals surface area contributed by atoms with E-state index in [0.717, 1.165) is 10.0 Å². The molecule has 5 nitrogen and oxygen atoms in total. The van der Waals surface area contributed by atoms with Crippen molar-refractivity contribution in [1.29, 1.82) is 0 Å². The second kappa shape index (κ2) is 4.91. The van der Waals surface area contributed by atoms with Gasteiger partial charge in [0.15, 0.2) is 0 Å². The van der Waals surface area contributed by atoms with E-state index < -0.39 is 16.6 Å². The minimum Gasteiger partial charge on any atom is -0.395 e. The number of halogens is 1. The normalized spacial score (nSPS) is 11.4. The molecule has 0 unspecified atom stereocenters. The molecule has 7 heteroatoms. The Kier molecular flexibility index (Phi) is 4.06. The highest BCUT2D eigenvalue weighted by Gasteiger charge is 2.10. The topological polar surface area (TPSA) is 79.3 Å². The lowest BCUT2D eigenvalue weighted by molar-refractivity contribution is 0.320. The second-order valence-electron chi connectivity index (χ2n) is 2.96. The van der Waals surface area contributed by atoms with Crippen molar-refractivity contribution in [3.63, 3.8) is 0 Å². The van der Waals surface area contributed by atoms with Gasteiger partial charge in [-0.3, -0.25) is 4.72 Å². The van der Waals surface area contributed by atoms with E-state index in [4.69, 9.17) is 5.11 Å². The molecule has 0 aromatic carbocycles. The molecule has 0 saturated heterocycles. The van der Waals surface area contributed by atoms with E-state index in [1.807, 2.05) is 6.92 Å². The van der Waals surface area contributed by atoms with Crippen molar-refractivity contribution in [2.45, 2.75) is 6.92 Å². The van der Waals surface area contributed by atoms with E-state index in [0.29, 0.717) is 0 Å². The molecule has 1 rings (SSSR count). The average Bonchev–Trinajstić information content (AvgIpc) is 2.10. The van der Waals surface area contributed by atoms with Crippen molar-refractivity contribution < 1.29 is 13.5 Å². The Labute approximate surface area is 96.7 Å². The van der Waals surface area contributed by atoms with Gasteiger partial charge < -0.3 is 5.11 Å². The van der Waals surface area contributed by atoms with E-state index in [9.17, 15) is 8.42 Å². The van der Waals surface area contributed by atoms with Crippen LogP contribution in [0.3, 0.4) is 0 Å². The summed E-state index contributed by atoms with van der Waals surface area (Å²) in [6, 6.07) is 1.61. The minimum absolute atomic E-state index is 0.254. The van der Waals surface area contributed by atoms with Gasteiger partial charge in [-0.15, -0.1) is 0 Å². The molecule has 0 bridgehead atoms. The number of hydrogen-bond acceptors (Lipinski definition) is 4. The highest BCUT2D eigenvalue weighted by Crippen LogP contribution is 2.17. The Morgan fingerprint density at radius 3 is 2.80 bits per heavy atom. The summed E-state index contributed by atoms with van der Waals surface area (Å²) in [7, 11) is -3.49. The molecule has 0 amide bonds. The molecule has 2 N–H and O–H groups in total. The van der Waals surface area contributed by atoms with Gasteiger partial charge >= 0.3 is 0 Å². The van der Waals surface area contributed by atoms with Crippen LogP contribution in [0.4, 0.5) is 5.82 Å². The van der Waals surface area contributed by atoms with E-state index in [-0.39, 0.29) is 11.6 Å². The molecule has 0 aliphatic heterocycles. The van der Waals surface area contributed by atoms with Gasteiger partial charge in [-0.1, -0.05) is 0 Å². The number of aromatic nitrogens is 1. The fraction of sp³-hybridized carbons (Fsp3) is 0.375. The maximum absolute atomic E-state index is 11.3. The third-order valence-electron chi connectivity index (χ3n) is 1.67. The molecule has 0 fully saturated rings. The van der Waals surface area contributed by atoms with Gasteiger partial charge in [-0.25, -0.2) is 13.4 Å². The Bertz CT molecular complexity index is 447. The smallest absolute Gasteiger partial charge is 0.236 e. The second-order valence-corrected chi connectivity index (χ2v) is 5.66. The fourth-order valence-electron chi connectivity index (χ4n) is 0.926. The summed E-state index contributed by atoms with van der Waals surface area (Å²) < 4.78 is 25.6. The summed E-state index contributed by atoms with van der Waals surface area (Å²) in [6.07, 6.45) is 1.52. The number of nitrogens with one attached hydrogen (secondary N) is 1. The number of rotatable bonds is 4. The molecular formula is C8H11BrN2O3S. The molecule has 0 aliphatic rings. The summed E-state index contributed by atoms with van der Waals surface area (Å²) in [5.41, 5.74) is 0.881. The van der Waals surface area contributed by atoms with E-state index in [2.05, 4.69) is 25.6 Å². The van der Waals surface area contributed by atoms with Crippen molar-refractivity contribution in [2.24, 2.45) is 0 Å². The number of aliphatic hydroxyl groups is 1. The van der Waals surface area contributed by atoms with Crippen LogP contribution in [0.25, 0.3) is 0 Å². The first kappa shape index (κ1) is 12.4. The fourth-order valence-corrected chi connectivity index (χ4v) is 1.92. The SMILES string of the molecule is Cc1cc(NS(=O)(=O)CCO)ncc1Br. The summed E-state index contributed by atoms with van der Waals surface area (Å²) >= 11 is 3.26. The lowest BCUT2D eigenvalue weighted by Crippen LogP contribution is -2.19. The lowest BCUT2D eigenvalue weighted by atomic mass is 10.3. The van der Waals surface area contributed by atoms with Crippen LogP contribution in [-0.4, -0.2) is 30.9 Å². The molecule has 0 radical (unpaired) electrons. The summed E-state index contributed by atoms with van der Waals surface area (Å²) in [5, 5.41) is 8.53. The van der Waals surface area contributed by atoms with Crippen LogP contribution in [0.1, 0.15) is 5.56 Å². The Morgan fingerprint density at radius 1 is 1.60 bits per heavy atom. The molecule has 0 atom stereocenters. The molecule has 0 spiro atoms. The number of sulfonamides is 1. The monoisotopic (exact) mass is 294 g/mol. The predicted molar refractivity (Wildman–Crippen MR) is 61.2 cm³/mol. The number of pyridine rings is 1. The summed E-state index contributed by atoms with van der Waals surface area (Å²) in [4.78, 5) is 3.89. The highest BCUT2D eigenvalue weighted by atomic mass is 79.9. The molecule has 0 aliphatic carbocycles. The zero-order valence-corrected chi connectivity index (χ0v) is 10.5. The van der Waals surface area contributed by atoms with Crippen LogP contribution in [0, 0.1) is 6.92 Å². The van der Waals surface area contributed by atoms with Crippen LogP contribution in [0.15, 0.2) is 16.7 Å². The zero-order chi connectivity index (χ0) is 11.5. The third kappa shape index (κ3) is 3.77. The molecule has 84 valence electrons. The van der Waals surface area contributed by atoms with Crippen LogP contribution in [-0.2, 0) is 10.0 Å². The van der Waals surface area contributed by atoms with Crippen molar-refractivity contribution in [3.05, 3.63) is 22.3 Å². The number of aryl methyl sites for hydroxylation is 1. The number of nitrogens with zero attached hydrogens (tertiary/aromatic N) is 1. The molecule has 15 heavy (non-hydrogen) atoms. The lowest BCUT2D eigenvalue weighted by Gasteiger charge is -2.06. The van der Waals surface area contributed by atoms with Crippen LogP contribution in [0.2, 0.25) is 0 Å². The Morgan fingerprint density at radius 2 is 2.27 bits per heavy atom. The Hall–Kier alpha value is -0.660. The number of aliphatic hydroxyl groups excluding tert-OH is 1. The highest BCUT2D eigenvalue weighted by molar-refractivity contribution is 9.10. The van der Waals surface area contributed by atoms with Crippen molar-refractivity contribution in [3.8, 4) is 0 Å². The van der Waals surface area contributed by atoms with Crippen LogP contribution in [0.5, 0.6) is 0 Å². The van der Waals surface area contributed by atoms with E-state index in [1.165, 1.54) is 6.20 Å². The van der Waals surface area contributed by atoms with Crippen molar-refractivity contribution >= 4 is 31.8 Å². The largest absolute Gasteiger partial charge is 0.395 e. The molecule has 1 aromatic rings. The zero-order valence-electron chi connectivity index (χ0n) is 8.07. The minimum atomic E-state index is -3.49. The van der Waals surface area contributed by atoms with E-state index >= 15 is 0 Å². The van der Waals surface area contributed by atoms with Gasteiger partial charge in [0.05, 0.1) is 12.4 Å². The first-order valence-corrected chi connectivity index (χ1v) is 6.62. The van der Waals surface area contributed by atoms with E-state index in [1.54, 1.807) is 6.07 Å². The standard InChI is InChI=1S/C8H11BrN2O3S/c1-6-4-8(10-5-7(6)9)11-15(13,14)3-2-12/h4-5,12H,2-3H2,1H3,(H,10,11). The van der Waals surface area contributed by atoms with Crippen LogP contribution >= 0.6 is 15.9 Å². The number of anilines is 1. The van der Waals surface area contributed by atoms with Crippen molar-refractivity contribution in [2.75, 3.05) is 17.1 Å². The molecule has 1 aromatic heterocycles. The number of hydrogen-bond donors (Lipinski definition) is 2. The quantitative estimate of drug-likeness (QED) is 0.864. The Balaban J connectivity index is 2.86.